The minimum absolute atomic E-state index is 0.147. The zero-order valence-electron chi connectivity index (χ0n) is 12.0. The van der Waals surface area contributed by atoms with Gasteiger partial charge in [0.1, 0.15) is 11.8 Å². The Balaban J connectivity index is 1.74. The second-order valence-electron chi connectivity index (χ2n) is 4.78. The van der Waals surface area contributed by atoms with E-state index in [4.69, 9.17) is 14.5 Å². The van der Waals surface area contributed by atoms with Crippen LogP contribution in [0.15, 0.2) is 53.1 Å². The van der Waals surface area contributed by atoms with Crippen LogP contribution in [0.2, 0.25) is 0 Å². The molecule has 2 aromatic carbocycles. The van der Waals surface area contributed by atoms with Crippen LogP contribution in [-0.4, -0.2) is 10.1 Å². The molecule has 108 valence electrons. The van der Waals surface area contributed by atoms with E-state index in [1.165, 1.54) is 0 Å². The molecule has 0 bridgehead atoms. The van der Waals surface area contributed by atoms with Crippen molar-refractivity contribution in [3.05, 3.63) is 65.5 Å². The van der Waals surface area contributed by atoms with Crippen molar-refractivity contribution < 1.29 is 9.26 Å². The zero-order chi connectivity index (χ0) is 15.4. The Bertz CT molecular complexity index is 834. The van der Waals surface area contributed by atoms with Gasteiger partial charge in [-0.2, -0.15) is 10.2 Å². The number of hydrogen-bond donors (Lipinski definition) is 0. The molecular weight excluding hydrogens is 278 g/mol. The molecule has 1 heterocycles. The number of benzene rings is 2. The molecule has 5 nitrogen and oxygen atoms in total. The molecule has 0 unspecified atom stereocenters. The molecule has 0 N–H and O–H groups in total. The molecule has 0 aliphatic carbocycles. The molecule has 0 fully saturated rings. The first-order valence-electron chi connectivity index (χ1n) is 6.78. The number of rotatable bonds is 4. The third kappa shape index (κ3) is 2.96. The maximum Gasteiger partial charge on any atom is 0.258 e. The van der Waals surface area contributed by atoms with Crippen molar-refractivity contribution in [3.8, 4) is 23.3 Å². The third-order valence-electron chi connectivity index (χ3n) is 3.10. The summed E-state index contributed by atoms with van der Waals surface area (Å²) in [6, 6.07) is 16.9. The summed E-state index contributed by atoms with van der Waals surface area (Å²) in [5.74, 6) is 1.40. The first kappa shape index (κ1) is 13.8. The summed E-state index contributed by atoms with van der Waals surface area (Å²) in [5, 5.41) is 12.9. The average Bonchev–Trinajstić information content (AvgIpc) is 3.02. The normalized spacial score (nSPS) is 10.2. The lowest BCUT2D eigenvalue weighted by molar-refractivity contribution is 0.286. The van der Waals surface area contributed by atoms with E-state index in [1.54, 1.807) is 18.2 Å². The number of ether oxygens (including phenoxy) is 1. The Morgan fingerprint density at radius 3 is 2.86 bits per heavy atom. The van der Waals surface area contributed by atoms with Crippen molar-refractivity contribution >= 4 is 0 Å². The van der Waals surface area contributed by atoms with Crippen LogP contribution in [0.25, 0.3) is 11.5 Å². The number of aromatic nitrogens is 2. The van der Waals surface area contributed by atoms with Gasteiger partial charge >= 0.3 is 0 Å². The van der Waals surface area contributed by atoms with E-state index in [0.717, 1.165) is 11.1 Å². The second kappa shape index (κ2) is 6.10. The van der Waals surface area contributed by atoms with Gasteiger partial charge in [0.05, 0.1) is 5.56 Å². The van der Waals surface area contributed by atoms with Gasteiger partial charge in [-0.3, -0.25) is 0 Å². The molecule has 5 heteroatoms. The van der Waals surface area contributed by atoms with E-state index < -0.39 is 0 Å². The van der Waals surface area contributed by atoms with Crippen LogP contribution in [-0.2, 0) is 6.61 Å². The highest BCUT2D eigenvalue weighted by Gasteiger charge is 2.10. The van der Waals surface area contributed by atoms with E-state index in [1.807, 2.05) is 37.3 Å². The van der Waals surface area contributed by atoms with Crippen molar-refractivity contribution in [1.29, 1.82) is 5.26 Å². The lowest BCUT2D eigenvalue weighted by Gasteiger charge is -2.04. The average molecular weight is 291 g/mol. The highest BCUT2D eigenvalue weighted by molar-refractivity contribution is 5.53. The molecule has 0 saturated heterocycles. The van der Waals surface area contributed by atoms with Crippen molar-refractivity contribution in [3.63, 3.8) is 0 Å². The third-order valence-corrected chi connectivity index (χ3v) is 3.10. The Hall–Kier alpha value is -3.13. The fourth-order valence-electron chi connectivity index (χ4n) is 2.04. The zero-order valence-corrected chi connectivity index (χ0v) is 12.0. The standard InChI is InChI=1S/C17H13N3O2/c1-12-5-4-7-13(9-12)17-19-16(20-22-17)11-21-15-8-3-2-6-14(15)10-18/h2-9H,11H2,1H3. The summed E-state index contributed by atoms with van der Waals surface area (Å²) in [5.41, 5.74) is 2.47. The number of nitriles is 1. The fraction of sp³-hybridized carbons (Fsp3) is 0.118. The predicted molar refractivity (Wildman–Crippen MR) is 80.0 cm³/mol. The van der Waals surface area contributed by atoms with Gasteiger partial charge < -0.3 is 9.26 Å². The lowest BCUT2D eigenvalue weighted by Crippen LogP contribution is -1.99. The molecule has 1 aromatic heterocycles. The first-order chi connectivity index (χ1) is 10.8. The molecule has 0 saturated carbocycles. The summed E-state index contributed by atoms with van der Waals surface area (Å²) in [6.07, 6.45) is 0. The van der Waals surface area contributed by atoms with Gasteiger partial charge in [-0.05, 0) is 31.2 Å². The first-order valence-corrected chi connectivity index (χ1v) is 6.78. The minimum atomic E-state index is 0.147. The van der Waals surface area contributed by atoms with E-state index in [9.17, 15) is 0 Å². The molecule has 0 aliphatic rings. The molecule has 0 spiro atoms. The van der Waals surface area contributed by atoms with Crippen LogP contribution in [0.1, 0.15) is 17.0 Å². The Labute approximate surface area is 127 Å². The van der Waals surface area contributed by atoms with Gasteiger partial charge in [0, 0.05) is 5.56 Å². The second-order valence-corrected chi connectivity index (χ2v) is 4.78. The van der Waals surface area contributed by atoms with Crippen LogP contribution in [0.4, 0.5) is 0 Å². The minimum Gasteiger partial charge on any atom is -0.484 e. The van der Waals surface area contributed by atoms with Gasteiger partial charge in [-0.15, -0.1) is 0 Å². The van der Waals surface area contributed by atoms with E-state index in [2.05, 4.69) is 16.2 Å². The number of para-hydroxylation sites is 1. The van der Waals surface area contributed by atoms with Crippen LogP contribution in [0.5, 0.6) is 5.75 Å². The topological polar surface area (TPSA) is 71.9 Å². The summed E-state index contributed by atoms with van der Waals surface area (Å²) in [7, 11) is 0. The van der Waals surface area contributed by atoms with E-state index in [0.29, 0.717) is 23.0 Å². The molecule has 0 amide bonds. The molecule has 0 aliphatic heterocycles. The quantitative estimate of drug-likeness (QED) is 0.735. The van der Waals surface area contributed by atoms with Crippen molar-refractivity contribution in [2.75, 3.05) is 0 Å². The van der Waals surface area contributed by atoms with Crippen LogP contribution < -0.4 is 4.74 Å². The smallest absolute Gasteiger partial charge is 0.258 e. The summed E-state index contributed by atoms with van der Waals surface area (Å²) < 4.78 is 10.8. The maximum absolute atomic E-state index is 9.01. The van der Waals surface area contributed by atoms with Gasteiger partial charge in [0.25, 0.3) is 5.89 Å². The summed E-state index contributed by atoms with van der Waals surface area (Å²) in [6.45, 7) is 2.15. The monoisotopic (exact) mass is 291 g/mol. The largest absolute Gasteiger partial charge is 0.484 e. The highest BCUT2D eigenvalue weighted by atomic mass is 16.5. The number of hydrogen-bond acceptors (Lipinski definition) is 5. The lowest BCUT2D eigenvalue weighted by atomic mass is 10.1. The van der Waals surface area contributed by atoms with Gasteiger partial charge in [-0.1, -0.05) is 35.0 Å². The van der Waals surface area contributed by atoms with Crippen LogP contribution in [0, 0.1) is 18.3 Å². The van der Waals surface area contributed by atoms with Gasteiger partial charge in [-0.25, -0.2) is 0 Å². The Morgan fingerprint density at radius 1 is 1.18 bits per heavy atom. The molecule has 0 radical (unpaired) electrons. The molecule has 0 atom stereocenters. The number of aryl methyl sites for hydroxylation is 1. The molecular formula is C17H13N3O2. The Morgan fingerprint density at radius 2 is 2.05 bits per heavy atom. The maximum atomic E-state index is 9.01. The highest BCUT2D eigenvalue weighted by Crippen LogP contribution is 2.20. The van der Waals surface area contributed by atoms with Crippen LogP contribution in [0.3, 0.4) is 0 Å². The molecule has 3 rings (SSSR count). The van der Waals surface area contributed by atoms with E-state index in [-0.39, 0.29) is 6.61 Å². The van der Waals surface area contributed by atoms with Crippen molar-refractivity contribution in [1.82, 2.24) is 10.1 Å². The van der Waals surface area contributed by atoms with Crippen molar-refractivity contribution in [2.24, 2.45) is 0 Å². The van der Waals surface area contributed by atoms with Crippen molar-refractivity contribution in [2.45, 2.75) is 13.5 Å². The van der Waals surface area contributed by atoms with Gasteiger partial charge in [0.2, 0.25) is 5.82 Å². The summed E-state index contributed by atoms with van der Waals surface area (Å²) in [4.78, 5) is 4.31. The van der Waals surface area contributed by atoms with Crippen LogP contribution >= 0.6 is 0 Å². The fourth-order valence-corrected chi connectivity index (χ4v) is 2.04. The predicted octanol–water partition coefficient (Wildman–Crippen LogP) is 3.50. The molecule has 3 aromatic rings. The Kier molecular flexibility index (Phi) is 3.84. The SMILES string of the molecule is Cc1cccc(-c2nc(COc3ccccc3C#N)no2)c1. The van der Waals surface area contributed by atoms with Gasteiger partial charge in [0.15, 0.2) is 6.61 Å². The number of nitrogens with zero attached hydrogens (tertiary/aromatic N) is 3. The summed E-state index contributed by atoms with van der Waals surface area (Å²) >= 11 is 0. The molecule has 22 heavy (non-hydrogen) atoms. The van der Waals surface area contributed by atoms with E-state index >= 15 is 0 Å².